The SMILES string of the molecule is Cc1cc(F)cc(C)c1-c1cc(F)ccc1CNC1CC1. The number of aryl methyl sites for hydroxylation is 2. The third-order valence-electron chi connectivity index (χ3n) is 4.00. The number of halogens is 2. The van der Waals surface area contributed by atoms with Crippen LogP contribution in [0.1, 0.15) is 29.5 Å². The van der Waals surface area contributed by atoms with Crippen molar-refractivity contribution >= 4 is 0 Å². The van der Waals surface area contributed by atoms with Crippen molar-refractivity contribution < 1.29 is 8.78 Å². The van der Waals surface area contributed by atoms with Gasteiger partial charge in [0.1, 0.15) is 11.6 Å². The van der Waals surface area contributed by atoms with E-state index in [0.717, 1.165) is 34.4 Å². The molecule has 1 nitrogen and oxygen atoms in total. The second kappa shape index (κ2) is 5.57. The number of hydrogen-bond acceptors (Lipinski definition) is 1. The normalized spacial score (nSPS) is 14.5. The van der Waals surface area contributed by atoms with Crippen molar-refractivity contribution in [3.05, 3.63) is 58.7 Å². The smallest absolute Gasteiger partial charge is 0.123 e. The number of rotatable bonds is 4. The summed E-state index contributed by atoms with van der Waals surface area (Å²) in [4.78, 5) is 0. The molecule has 0 bridgehead atoms. The molecule has 2 aromatic carbocycles. The van der Waals surface area contributed by atoms with Gasteiger partial charge in [-0.3, -0.25) is 0 Å². The van der Waals surface area contributed by atoms with Gasteiger partial charge >= 0.3 is 0 Å². The van der Waals surface area contributed by atoms with Crippen molar-refractivity contribution in [2.24, 2.45) is 0 Å². The highest BCUT2D eigenvalue weighted by atomic mass is 19.1. The van der Waals surface area contributed by atoms with E-state index in [0.29, 0.717) is 6.04 Å². The minimum Gasteiger partial charge on any atom is -0.310 e. The second-order valence-electron chi connectivity index (χ2n) is 5.87. The summed E-state index contributed by atoms with van der Waals surface area (Å²) in [5, 5.41) is 3.46. The Hall–Kier alpha value is -1.74. The van der Waals surface area contributed by atoms with Crippen LogP contribution in [0.4, 0.5) is 8.78 Å². The van der Waals surface area contributed by atoms with Gasteiger partial charge in [-0.15, -0.1) is 0 Å². The van der Waals surface area contributed by atoms with Crippen LogP contribution in [0.3, 0.4) is 0 Å². The monoisotopic (exact) mass is 287 g/mol. The predicted molar refractivity (Wildman–Crippen MR) is 81.1 cm³/mol. The van der Waals surface area contributed by atoms with E-state index in [1.807, 2.05) is 19.9 Å². The van der Waals surface area contributed by atoms with Crippen LogP contribution in [0, 0.1) is 25.5 Å². The predicted octanol–water partition coefficient (Wildman–Crippen LogP) is 4.50. The molecule has 110 valence electrons. The molecular formula is C18H19F2N. The highest BCUT2D eigenvalue weighted by Crippen LogP contribution is 2.32. The molecule has 0 aromatic heterocycles. The van der Waals surface area contributed by atoms with Gasteiger partial charge in [-0.25, -0.2) is 8.78 Å². The first kappa shape index (κ1) is 14.2. The van der Waals surface area contributed by atoms with Crippen molar-refractivity contribution in [3.8, 4) is 11.1 Å². The zero-order chi connectivity index (χ0) is 15.0. The van der Waals surface area contributed by atoms with Gasteiger partial charge in [0.25, 0.3) is 0 Å². The largest absolute Gasteiger partial charge is 0.310 e. The summed E-state index contributed by atoms with van der Waals surface area (Å²) < 4.78 is 27.2. The summed E-state index contributed by atoms with van der Waals surface area (Å²) in [6, 6.07) is 8.47. The van der Waals surface area contributed by atoms with Crippen molar-refractivity contribution in [2.75, 3.05) is 0 Å². The maximum atomic E-state index is 13.7. The molecule has 1 saturated carbocycles. The van der Waals surface area contributed by atoms with Crippen molar-refractivity contribution in [2.45, 2.75) is 39.3 Å². The van der Waals surface area contributed by atoms with Crippen molar-refractivity contribution in [1.29, 1.82) is 0 Å². The van der Waals surface area contributed by atoms with E-state index >= 15 is 0 Å². The number of hydrogen-bond donors (Lipinski definition) is 1. The van der Waals surface area contributed by atoms with Gasteiger partial charge in [-0.1, -0.05) is 6.07 Å². The molecule has 0 unspecified atom stereocenters. The quantitative estimate of drug-likeness (QED) is 0.873. The fourth-order valence-electron chi connectivity index (χ4n) is 2.81. The Morgan fingerprint density at radius 3 is 2.29 bits per heavy atom. The van der Waals surface area contributed by atoms with Gasteiger partial charge < -0.3 is 5.32 Å². The maximum Gasteiger partial charge on any atom is 0.123 e. The molecule has 0 radical (unpaired) electrons. The lowest BCUT2D eigenvalue weighted by Gasteiger charge is -2.16. The highest BCUT2D eigenvalue weighted by Gasteiger charge is 2.21. The first-order chi connectivity index (χ1) is 10.0. The van der Waals surface area contributed by atoms with E-state index in [9.17, 15) is 8.78 Å². The number of nitrogens with one attached hydrogen (secondary N) is 1. The van der Waals surface area contributed by atoms with E-state index in [4.69, 9.17) is 0 Å². The molecule has 3 rings (SSSR count). The van der Waals surface area contributed by atoms with E-state index in [1.165, 1.54) is 31.0 Å². The second-order valence-corrected chi connectivity index (χ2v) is 5.87. The molecule has 1 aliphatic carbocycles. The lowest BCUT2D eigenvalue weighted by atomic mass is 9.92. The molecule has 0 atom stereocenters. The minimum absolute atomic E-state index is 0.247. The van der Waals surface area contributed by atoms with E-state index in [1.54, 1.807) is 6.07 Å². The Morgan fingerprint density at radius 1 is 1.00 bits per heavy atom. The van der Waals surface area contributed by atoms with E-state index in [2.05, 4.69) is 5.32 Å². The summed E-state index contributed by atoms with van der Waals surface area (Å²) in [6.07, 6.45) is 2.43. The molecule has 0 saturated heterocycles. The zero-order valence-corrected chi connectivity index (χ0v) is 12.3. The highest BCUT2D eigenvalue weighted by molar-refractivity contribution is 5.73. The average Bonchev–Trinajstić information content (AvgIpc) is 3.20. The van der Waals surface area contributed by atoms with E-state index < -0.39 is 0 Å². The van der Waals surface area contributed by atoms with Crippen molar-refractivity contribution in [1.82, 2.24) is 5.32 Å². The molecule has 0 amide bonds. The Bertz CT molecular complexity index is 652. The first-order valence-electron chi connectivity index (χ1n) is 7.33. The molecule has 3 heteroatoms. The molecule has 0 heterocycles. The summed E-state index contributed by atoms with van der Waals surface area (Å²) in [6.45, 7) is 4.46. The minimum atomic E-state index is -0.261. The van der Waals surface area contributed by atoms with Gasteiger partial charge in [0.05, 0.1) is 0 Å². The Labute approximate surface area is 124 Å². The Balaban J connectivity index is 2.05. The first-order valence-corrected chi connectivity index (χ1v) is 7.33. The van der Waals surface area contributed by atoms with Crippen LogP contribution in [0.5, 0.6) is 0 Å². The molecule has 2 aromatic rings. The van der Waals surface area contributed by atoms with Gasteiger partial charge in [-0.05, 0) is 78.8 Å². The van der Waals surface area contributed by atoms with Gasteiger partial charge in [0, 0.05) is 12.6 Å². The fourth-order valence-corrected chi connectivity index (χ4v) is 2.81. The third-order valence-corrected chi connectivity index (χ3v) is 4.00. The summed E-state index contributed by atoms with van der Waals surface area (Å²) in [7, 11) is 0. The van der Waals surface area contributed by atoms with Crippen molar-refractivity contribution in [3.63, 3.8) is 0 Å². The molecule has 1 fully saturated rings. The Kier molecular flexibility index (Phi) is 3.77. The third kappa shape index (κ3) is 3.13. The summed E-state index contributed by atoms with van der Waals surface area (Å²) >= 11 is 0. The van der Waals surface area contributed by atoms with Gasteiger partial charge in [-0.2, -0.15) is 0 Å². The van der Waals surface area contributed by atoms with Crippen LogP contribution >= 0.6 is 0 Å². The number of benzene rings is 2. The standard InChI is InChI=1S/C18H19F2N/c1-11-7-15(20)8-12(2)18(11)17-9-14(19)4-3-13(17)10-21-16-5-6-16/h3-4,7-9,16,21H,5-6,10H2,1-2H3. The lowest BCUT2D eigenvalue weighted by molar-refractivity contribution is 0.624. The van der Waals surface area contributed by atoms with Crippen LogP contribution in [0.25, 0.3) is 11.1 Å². The van der Waals surface area contributed by atoms with Crippen LogP contribution in [0.15, 0.2) is 30.3 Å². The zero-order valence-electron chi connectivity index (χ0n) is 12.3. The maximum absolute atomic E-state index is 13.7. The summed E-state index contributed by atoms with van der Waals surface area (Å²) in [5.41, 5.74) is 4.53. The Morgan fingerprint density at radius 2 is 1.67 bits per heavy atom. The molecule has 0 spiro atoms. The fraction of sp³-hybridized carbons (Fsp3) is 0.333. The van der Waals surface area contributed by atoms with Crippen LogP contribution in [-0.2, 0) is 6.54 Å². The van der Waals surface area contributed by atoms with Crippen LogP contribution in [0.2, 0.25) is 0 Å². The van der Waals surface area contributed by atoms with E-state index in [-0.39, 0.29) is 11.6 Å². The van der Waals surface area contributed by atoms with Crippen LogP contribution in [-0.4, -0.2) is 6.04 Å². The molecule has 1 N–H and O–H groups in total. The molecule has 0 aliphatic heterocycles. The average molecular weight is 287 g/mol. The van der Waals surface area contributed by atoms with Gasteiger partial charge in [0.2, 0.25) is 0 Å². The molecular weight excluding hydrogens is 268 g/mol. The molecule has 21 heavy (non-hydrogen) atoms. The lowest BCUT2D eigenvalue weighted by Crippen LogP contribution is -2.16. The van der Waals surface area contributed by atoms with Crippen LogP contribution < -0.4 is 5.32 Å². The van der Waals surface area contributed by atoms with Gasteiger partial charge in [0.15, 0.2) is 0 Å². The molecule has 1 aliphatic rings. The summed E-state index contributed by atoms with van der Waals surface area (Å²) in [5.74, 6) is -0.508. The topological polar surface area (TPSA) is 12.0 Å².